The first-order chi connectivity index (χ1) is 9.17. The van der Waals surface area contributed by atoms with Gasteiger partial charge in [0.2, 0.25) is 11.8 Å². The Balaban J connectivity index is 2.78. The summed E-state index contributed by atoms with van der Waals surface area (Å²) in [5.41, 5.74) is 0. The van der Waals surface area contributed by atoms with Crippen molar-refractivity contribution in [3.8, 4) is 0 Å². The Bertz CT molecular complexity index is 369. The number of nitrogens with one attached hydrogen (secondary N) is 1. The quantitative estimate of drug-likeness (QED) is 0.844. The Morgan fingerprint density at radius 3 is 2.35 bits per heavy atom. The van der Waals surface area contributed by atoms with Crippen LogP contribution < -0.4 is 5.32 Å². The Morgan fingerprint density at radius 1 is 1.30 bits per heavy atom. The molecule has 1 aliphatic heterocycles. The predicted octanol–water partition coefficient (Wildman–Crippen LogP) is 2.09. The summed E-state index contributed by atoms with van der Waals surface area (Å²) in [7, 11) is 0. The van der Waals surface area contributed by atoms with E-state index in [-0.39, 0.29) is 30.7 Å². The molecule has 0 radical (unpaired) electrons. The van der Waals surface area contributed by atoms with E-state index in [0.717, 1.165) is 0 Å². The standard InChI is InChI=1S/C13H21F3N2O2/c1-4-9-12(20)18(7-5-6-13(14,15)16)10(8(2)3)11(19)17-9/h8-10H,4-7H2,1-3H3,(H,17,19). The van der Waals surface area contributed by atoms with Gasteiger partial charge in [-0.25, -0.2) is 0 Å². The van der Waals surface area contributed by atoms with Crippen molar-refractivity contribution in [2.24, 2.45) is 5.92 Å². The number of piperazine rings is 1. The minimum absolute atomic E-state index is 0.0366. The van der Waals surface area contributed by atoms with Gasteiger partial charge >= 0.3 is 6.18 Å². The molecule has 0 saturated carbocycles. The van der Waals surface area contributed by atoms with E-state index >= 15 is 0 Å². The van der Waals surface area contributed by atoms with Crippen molar-refractivity contribution < 1.29 is 22.8 Å². The first kappa shape index (κ1) is 16.8. The average Bonchev–Trinajstić information content (AvgIpc) is 2.30. The van der Waals surface area contributed by atoms with Gasteiger partial charge in [-0.2, -0.15) is 13.2 Å². The molecule has 1 saturated heterocycles. The number of alkyl halides is 3. The fourth-order valence-corrected chi connectivity index (χ4v) is 2.44. The highest BCUT2D eigenvalue weighted by molar-refractivity contribution is 5.97. The highest BCUT2D eigenvalue weighted by atomic mass is 19.4. The molecule has 4 nitrogen and oxygen atoms in total. The zero-order valence-corrected chi connectivity index (χ0v) is 12.0. The first-order valence-corrected chi connectivity index (χ1v) is 6.85. The van der Waals surface area contributed by atoms with Gasteiger partial charge in [-0.15, -0.1) is 0 Å². The molecule has 20 heavy (non-hydrogen) atoms. The molecule has 2 unspecified atom stereocenters. The van der Waals surface area contributed by atoms with E-state index in [2.05, 4.69) is 5.32 Å². The topological polar surface area (TPSA) is 49.4 Å². The van der Waals surface area contributed by atoms with Crippen LogP contribution in [0.2, 0.25) is 0 Å². The molecule has 0 aromatic carbocycles. The van der Waals surface area contributed by atoms with Crippen LogP contribution in [0.5, 0.6) is 0 Å². The zero-order chi connectivity index (χ0) is 15.5. The molecular weight excluding hydrogens is 273 g/mol. The number of amides is 2. The van der Waals surface area contributed by atoms with Crippen LogP contribution >= 0.6 is 0 Å². The predicted molar refractivity (Wildman–Crippen MR) is 67.8 cm³/mol. The Hall–Kier alpha value is -1.27. The highest BCUT2D eigenvalue weighted by Crippen LogP contribution is 2.24. The minimum Gasteiger partial charge on any atom is -0.343 e. The van der Waals surface area contributed by atoms with Gasteiger partial charge in [0.25, 0.3) is 0 Å². The van der Waals surface area contributed by atoms with E-state index in [1.807, 2.05) is 0 Å². The summed E-state index contributed by atoms with van der Waals surface area (Å²) < 4.78 is 36.6. The zero-order valence-electron chi connectivity index (χ0n) is 12.0. The summed E-state index contributed by atoms with van der Waals surface area (Å²) in [5.74, 6) is -0.700. The second kappa shape index (κ2) is 6.45. The van der Waals surface area contributed by atoms with E-state index in [9.17, 15) is 22.8 Å². The molecular formula is C13H21F3N2O2. The van der Waals surface area contributed by atoms with Gasteiger partial charge in [0.1, 0.15) is 12.1 Å². The van der Waals surface area contributed by atoms with E-state index < -0.39 is 24.7 Å². The summed E-state index contributed by atoms with van der Waals surface area (Å²) in [5, 5.41) is 2.63. The molecule has 1 rings (SSSR count). The number of hydrogen-bond donors (Lipinski definition) is 1. The number of nitrogens with zero attached hydrogens (tertiary/aromatic N) is 1. The largest absolute Gasteiger partial charge is 0.389 e. The molecule has 2 atom stereocenters. The lowest BCUT2D eigenvalue weighted by Crippen LogP contribution is -2.64. The van der Waals surface area contributed by atoms with Crippen LogP contribution in [0.4, 0.5) is 13.2 Å². The summed E-state index contributed by atoms with van der Waals surface area (Å²) in [6.45, 7) is 5.28. The molecule has 2 amide bonds. The minimum atomic E-state index is -4.24. The lowest BCUT2D eigenvalue weighted by Gasteiger charge is -2.40. The number of carbonyl (C=O) groups excluding carboxylic acids is 2. The van der Waals surface area contributed by atoms with Gasteiger partial charge in [-0.05, 0) is 18.8 Å². The van der Waals surface area contributed by atoms with Crippen LogP contribution in [0.15, 0.2) is 0 Å². The molecule has 0 spiro atoms. The van der Waals surface area contributed by atoms with E-state index in [1.54, 1.807) is 20.8 Å². The molecule has 116 valence electrons. The van der Waals surface area contributed by atoms with Crippen LogP contribution in [0.1, 0.15) is 40.0 Å². The van der Waals surface area contributed by atoms with Gasteiger partial charge in [-0.3, -0.25) is 9.59 Å². The van der Waals surface area contributed by atoms with Crippen molar-refractivity contribution in [1.82, 2.24) is 10.2 Å². The molecule has 0 aromatic heterocycles. The van der Waals surface area contributed by atoms with Gasteiger partial charge in [0.05, 0.1) is 0 Å². The van der Waals surface area contributed by atoms with Gasteiger partial charge in [0, 0.05) is 13.0 Å². The lowest BCUT2D eigenvalue weighted by molar-refractivity contribution is -0.153. The number of hydrogen-bond acceptors (Lipinski definition) is 2. The van der Waals surface area contributed by atoms with E-state index in [4.69, 9.17) is 0 Å². The third-order valence-electron chi connectivity index (χ3n) is 3.40. The molecule has 1 aliphatic rings. The Labute approximate surface area is 116 Å². The fraction of sp³-hybridized carbons (Fsp3) is 0.846. The summed E-state index contributed by atoms with van der Waals surface area (Å²) >= 11 is 0. The van der Waals surface area contributed by atoms with Crippen LogP contribution in [0.25, 0.3) is 0 Å². The second-order valence-electron chi connectivity index (χ2n) is 5.41. The van der Waals surface area contributed by atoms with Crippen molar-refractivity contribution in [3.05, 3.63) is 0 Å². The molecule has 0 bridgehead atoms. The molecule has 1 N–H and O–H groups in total. The summed E-state index contributed by atoms with van der Waals surface area (Å²) in [6.07, 6.45) is -4.92. The van der Waals surface area contributed by atoms with Crippen molar-refractivity contribution in [2.75, 3.05) is 6.54 Å². The normalized spacial score (nSPS) is 24.2. The molecule has 0 aliphatic carbocycles. The van der Waals surface area contributed by atoms with Crippen molar-refractivity contribution in [3.63, 3.8) is 0 Å². The highest BCUT2D eigenvalue weighted by Gasteiger charge is 2.41. The summed E-state index contributed by atoms with van der Waals surface area (Å²) in [4.78, 5) is 25.5. The smallest absolute Gasteiger partial charge is 0.343 e. The average molecular weight is 294 g/mol. The van der Waals surface area contributed by atoms with Crippen LogP contribution in [-0.2, 0) is 9.59 Å². The maximum Gasteiger partial charge on any atom is 0.389 e. The van der Waals surface area contributed by atoms with Gasteiger partial charge in [-0.1, -0.05) is 20.8 Å². The molecule has 0 aromatic rings. The fourth-order valence-electron chi connectivity index (χ4n) is 2.44. The van der Waals surface area contributed by atoms with Gasteiger partial charge in [0.15, 0.2) is 0 Å². The first-order valence-electron chi connectivity index (χ1n) is 6.85. The van der Waals surface area contributed by atoms with Crippen molar-refractivity contribution in [2.45, 2.75) is 58.3 Å². The van der Waals surface area contributed by atoms with Gasteiger partial charge < -0.3 is 10.2 Å². The lowest BCUT2D eigenvalue weighted by atomic mass is 9.96. The maximum atomic E-state index is 12.2. The third-order valence-corrected chi connectivity index (χ3v) is 3.40. The van der Waals surface area contributed by atoms with Crippen LogP contribution in [0.3, 0.4) is 0 Å². The Kier molecular flexibility index (Phi) is 5.42. The van der Waals surface area contributed by atoms with Crippen LogP contribution in [0, 0.1) is 5.92 Å². The summed E-state index contributed by atoms with van der Waals surface area (Å²) in [6, 6.07) is -1.30. The third kappa shape index (κ3) is 4.11. The molecule has 7 heteroatoms. The maximum absolute atomic E-state index is 12.2. The monoisotopic (exact) mass is 294 g/mol. The van der Waals surface area contributed by atoms with E-state index in [1.165, 1.54) is 4.90 Å². The molecule has 1 heterocycles. The number of carbonyl (C=O) groups is 2. The van der Waals surface area contributed by atoms with Crippen molar-refractivity contribution in [1.29, 1.82) is 0 Å². The number of rotatable bonds is 5. The SMILES string of the molecule is CCC1NC(=O)C(C(C)C)N(CCCC(F)(F)F)C1=O. The number of halogens is 3. The Morgan fingerprint density at radius 2 is 1.90 bits per heavy atom. The second-order valence-corrected chi connectivity index (χ2v) is 5.41. The van der Waals surface area contributed by atoms with Crippen LogP contribution in [-0.4, -0.2) is 41.5 Å². The van der Waals surface area contributed by atoms with E-state index in [0.29, 0.717) is 6.42 Å². The van der Waals surface area contributed by atoms with Crippen molar-refractivity contribution >= 4 is 11.8 Å². The molecule has 1 fully saturated rings.